The molecule has 0 unspecified atom stereocenters. The highest BCUT2D eigenvalue weighted by Gasteiger charge is 2.29. The Balaban J connectivity index is 1.77. The number of nitrogens with zero attached hydrogens (tertiary/aromatic N) is 2. The van der Waals surface area contributed by atoms with Crippen LogP contribution in [0.5, 0.6) is 0 Å². The van der Waals surface area contributed by atoms with Crippen molar-refractivity contribution in [3.05, 3.63) is 0 Å². The lowest BCUT2D eigenvalue weighted by Crippen LogP contribution is -2.56. The van der Waals surface area contributed by atoms with Gasteiger partial charge in [-0.1, -0.05) is 6.42 Å². The molecule has 0 radical (unpaired) electrons. The molecule has 19 heavy (non-hydrogen) atoms. The summed E-state index contributed by atoms with van der Waals surface area (Å²) < 4.78 is 0. The van der Waals surface area contributed by atoms with E-state index in [2.05, 4.69) is 10.2 Å². The van der Waals surface area contributed by atoms with Gasteiger partial charge in [0, 0.05) is 32.7 Å². The van der Waals surface area contributed by atoms with Gasteiger partial charge in [-0.3, -0.25) is 9.69 Å². The molecule has 2 aliphatic heterocycles. The number of hydrogen-bond donors (Lipinski definition) is 2. The van der Waals surface area contributed by atoms with Crippen molar-refractivity contribution in [2.75, 3.05) is 39.3 Å². The highest BCUT2D eigenvalue weighted by Crippen LogP contribution is 2.13. The lowest BCUT2D eigenvalue weighted by atomic mass is 10.0. The number of piperidine rings is 1. The largest absolute Gasteiger partial charge is 0.389 e. The van der Waals surface area contributed by atoms with Crippen LogP contribution in [0.25, 0.3) is 0 Å². The topological polar surface area (TPSA) is 55.8 Å². The molecule has 0 saturated carbocycles. The van der Waals surface area contributed by atoms with Crippen LogP contribution in [0.15, 0.2) is 0 Å². The number of carbonyl (C=O) groups is 1. The highest BCUT2D eigenvalue weighted by molar-refractivity contribution is 5.82. The third kappa shape index (κ3) is 4.44. The van der Waals surface area contributed by atoms with Crippen LogP contribution in [0.3, 0.4) is 0 Å². The Morgan fingerprint density at radius 3 is 2.47 bits per heavy atom. The molecule has 0 aromatic carbocycles. The Morgan fingerprint density at radius 2 is 1.95 bits per heavy atom. The van der Waals surface area contributed by atoms with Gasteiger partial charge >= 0.3 is 0 Å². The Morgan fingerprint density at radius 1 is 1.26 bits per heavy atom. The fraction of sp³-hybridized carbons (Fsp3) is 0.929. The molecule has 2 heterocycles. The van der Waals surface area contributed by atoms with Gasteiger partial charge in [0.25, 0.3) is 0 Å². The summed E-state index contributed by atoms with van der Waals surface area (Å²) in [6, 6.07) is 0.0367. The van der Waals surface area contributed by atoms with Crippen LogP contribution < -0.4 is 5.32 Å². The van der Waals surface area contributed by atoms with E-state index in [1.54, 1.807) is 0 Å². The molecule has 0 spiro atoms. The Kier molecular flexibility index (Phi) is 4.81. The maximum absolute atomic E-state index is 12.3. The Bertz CT molecular complexity index is 300. The SMILES string of the molecule is CC(C)(O)CN1CCN(C(=O)[C@H]2CCCCN2)CC1. The fourth-order valence-corrected chi connectivity index (χ4v) is 2.96. The van der Waals surface area contributed by atoms with Crippen molar-refractivity contribution in [1.82, 2.24) is 15.1 Å². The standard InChI is InChI=1S/C14H27N3O2/c1-14(2,19)11-16-7-9-17(10-8-16)13(18)12-5-3-4-6-15-12/h12,15,19H,3-11H2,1-2H3/t12-/m1/s1. The second kappa shape index (κ2) is 6.20. The molecule has 1 amide bonds. The van der Waals surface area contributed by atoms with Crippen molar-refractivity contribution in [3.8, 4) is 0 Å². The molecule has 5 heteroatoms. The van der Waals surface area contributed by atoms with E-state index < -0.39 is 5.60 Å². The second-order valence-corrected chi connectivity index (χ2v) is 6.42. The lowest BCUT2D eigenvalue weighted by Gasteiger charge is -2.39. The molecule has 2 aliphatic rings. The monoisotopic (exact) mass is 269 g/mol. The van der Waals surface area contributed by atoms with E-state index in [4.69, 9.17) is 0 Å². The van der Waals surface area contributed by atoms with Crippen LogP contribution in [0, 0.1) is 0 Å². The molecule has 2 rings (SSSR count). The summed E-state index contributed by atoms with van der Waals surface area (Å²) in [5.74, 6) is 0.266. The van der Waals surface area contributed by atoms with Gasteiger partial charge in [-0.2, -0.15) is 0 Å². The van der Waals surface area contributed by atoms with Crippen LogP contribution in [0.1, 0.15) is 33.1 Å². The number of piperazine rings is 1. The smallest absolute Gasteiger partial charge is 0.239 e. The minimum atomic E-state index is -0.656. The third-order valence-electron chi connectivity index (χ3n) is 3.90. The van der Waals surface area contributed by atoms with Crippen molar-refractivity contribution in [2.24, 2.45) is 0 Å². The molecule has 2 fully saturated rings. The lowest BCUT2D eigenvalue weighted by molar-refractivity contribution is -0.136. The Labute approximate surface area is 115 Å². The quantitative estimate of drug-likeness (QED) is 0.760. The average molecular weight is 269 g/mol. The van der Waals surface area contributed by atoms with Crippen molar-refractivity contribution < 1.29 is 9.90 Å². The van der Waals surface area contributed by atoms with E-state index in [1.165, 1.54) is 6.42 Å². The van der Waals surface area contributed by atoms with Crippen molar-refractivity contribution in [3.63, 3.8) is 0 Å². The third-order valence-corrected chi connectivity index (χ3v) is 3.90. The van der Waals surface area contributed by atoms with Crippen LogP contribution in [0.4, 0.5) is 0 Å². The molecular formula is C14H27N3O2. The summed E-state index contributed by atoms with van der Waals surface area (Å²) in [6.45, 7) is 8.60. The first-order valence-corrected chi connectivity index (χ1v) is 7.43. The molecule has 110 valence electrons. The average Bonchev–Trinajstić information content (AvgIpc) is 2.38. The van der Waals surface area contributed by atoms with Gasteiger partial charge < -0.3 is 15.3 Å². The van der Waals surface area contributed by atoms with Gasteiger partial charge in [0.2, 0.25) is 5.91 Å². The Hall–Kier alpha value is -0.650. The molecule has 5 nitrogen and oxygen atoms in total. The number of β-amino-alcohol motifs (C(OH)–C–C–N with tert-alkyl or cyclic N) is 1. The van der Waals surface area contributed by atoms with Gasteiger partial charge in [0.1, 0.15) is 0 Å². The molecule has 0 aliphatic carbocycles. The maximum Gasteiger partial charge on any atom is 0.239 e. The predicted octanol–water partition coefficient (Wildman–Crippen LogP) is 0.0436. The molecule has 1 atom stereocenters. The zero-order valence-corrected chi connectivity index (χ0v) is 12.2. The van der Waals surface area contributed by atoms with Gasteiger partial charge in [0.15, 0.2) is 0 Å². The van der Waals surface area contributed by atoms with Gasteiger partial charge in [-0.15, -0.1) is 0 Å². The minimum absolute atomic E-state index is 0.0367. The number of carbonyl (C=O) groups excluding carboxylic acids is 1. The molecule has 0 bridgehead atoms. The first kappa shape index (κ1) is 14.8. The predicted molar refractivity (Wildman–Crippen MR) is 75.0 cm³/mol. The van der Waals surface area contributed by atoms with Crippen molar-refractivity contribution in [1.29, 1.82) is 0 Å². The van der Waals surface area contributed by atoms with Crippen molar-refractivity contribution in [2.45, 2.75) is 44.8 Å². The number of nitrogens with one attached hydrogen (secondary N) is 1. The van der Waals surface area contributed by atoms with Crippen LogP contribution in [0.2, 0.25) is 0 Å². The fourth-order valence-electron chi connectivity index (χ4n) is 2.96. The van der Waals surface area contributed by atoms with E-state index in [0.29, 0.717) is 6.54 Å². The number of amides is 1. The van der Waals surface area contributed by atoms with Crippen molar-refractivity contribution >= 4 is 5.91 Å². The van der Waals surface area contributed by atoms with E-state index in [0.717, 1.165) is 45.6 Å². The molecular weight excluding hydrogens is 242 g/mol. The molecule has 0 aromatic rings. The number of hydrogen-bond acceptors (Lipinski definition) is 4. The zero-order valence-electron chi connectivity index (χ0n) is 12.2. The summed E-state index contributed by atoms with van der Waals surface area (Å²) in [5, 5.41) is 13.1. The summed E-state index contributed by atoms with van der Waals surface area (Å²) in [5.41, 5.74) is -0.656. The number of rotatable bonds is 3. The maximum atomic E-state index is 12.3. The molecule has 0 aromatic heterocycles. The first-order chi connectivity index (χ1) is 8.96. The first-order valence-electron chi connectivity index (χ1n) is 7.43. The zero-order chi connectivity index (χ0) is 13.9. The van der Waals surface area contributed by atoms with E-state index in [1.807, 2.05) is 18.7 Å². The van der Waals surface area contributed by atoms with E-state index >= 15 is 0 Å². The summed E-state index contributed by atoms with van der Waals surface area (Å²) in [7, 11) is 0. The molecule has 2 saturated heterocycles. The van der Waals surface area contributed by atoms with E-state index in [9.17, 15) is 9.90 Å². The minimum Gasteiger partial charge on any atom is -0.389 e. The van der Waals surface area contributed by atoms with Crippen LogP contribution in [-0.4, -0.2) is 71.7 Å². The van der Waals surface area contributed by atoms with Crippen LogP contribution >= 0.6 is 0 Å². The van der Waals surface area contributed by atoms with Gasteiger partial charge in [-0.25, -0.2) is 0 Å². The summed E-state index contributed by atoms with van der Waals surface area (Å²) in [6.07, 6.45) is 3.31. The van der Waals surface area contributed by atoms with Crippen LogP contribution in [-0.2, 0) is 4.79 Å². The second-order valence-electron chi connectivity index (χ2n) is 6.42. The number of aliphatic hydroxyl groups is 1. The van der Waals surface area contributed by atoms with Gasteiger partial charge in [0.05, 0.1) is 11.6 Å². The normalized spacial score (nSPS) is 26.5. The van der Waals surface area contributed by atoms with Gasteiger partial charge in [-0.05, 0) is 33.2 Å². The highest BCUT2D eigenvalue weighted by atomic mass is 16.3. The molecule has 2 N–H and O–H groups in total. The summed E-state index contributed by atoms with van der Waals surface area (Å²) in [4.78, 5) is 16.6. The van der Waals surface area contributed by atoms with E-state index in [-0.39, 0.29) is 11.9 Å². The summed E-state index contributed by atoms with van der Waals surface area (Å²) >= 11 is 0.